The first-order valence-corrected chi connectivity index (χ1v) is 16.5. The summed E-state index contributed by atoms with van der Waals surface area (Å²) >= 11 is 0. The second-order valence-electron chi connectivity index (χ2n) is 11.0. The minimum atomic E-state index is -2.94. The number of carbonyl (C=O) groups excluding carboxylic acids is 1. The Morgan fingerprint density at radius 3 is 2.55 bits per heavy atom. The number of benzene rings is 1. The maximum Gasteiger partial charge on any atom is 0.387 e. The molecular formula is C25H35F2N3O6S2. The van der Waals surface area contributed by atoms with Gasteiger partial charge in [0, 0.05) is 46.4 Å². The number of fused-ring (bicyclic) bond motifs is 1. The molecule has 9 nitrogen and oxygen atoms in total. The number of aromatic nitrogens is 2. The molecule has 0 radical (unpaired) electrons. The van der Waals surface area contributed by atoms with Crippen LogP contribution in [0.5, 0.6) is 5.75 Å². The average Bonchev–Trinajstić information content (AvgIpc) is 3.34. The molecule has 2 unspecified atom stereocenters. The first-order chi connectivity index (χ1) is 17.8. The van der Waals surface area contributed by atoms with Gasteiger partial charge in [0.1, 0.15) is 5.75 Å². The van der Waals surface area contributed by atoms with Gasteiger partial charge in [0.25, 0.3) is 0 Å². The first kappa shape index (κ1) is 27.7. The van der Waals surface area contributed by atoms with E-state index in [0.717, 1.165) is 11.3 Å². The Balaban J connectivity index is 1.44. The monoisotopic (exact) mass is 575 g/mol. The predicted molar refractivity (Wildman–Crippen MR) is 144 cm³/mol. The number of carbonyl (C=O) groups is 1. The van der Waals surface area contributed by atoms with Crippen molar-refractivity contribution >= 4 is 27.1 Å². The minimum absolute atomic E-state index is 0.0382. The summed E-state index contributed by atoms with van der Waals surface area (Å²) in [4.78, 5) is 13.3. The number of amides is 1. The normalized spacial score (nSPS) is 28.5. The van der Waals surface area contributed by atoms with Crippen molar-refractivity contribution in [3.8, 4) is 17.0 Å². The van der Waals surface area contributed by atoms with Crippen LogP contribution in [0.2, 0.25) is 0 Å². The van der Waals surface area contributed by atoms with Gasteiger partial charge in [-0.15, -0.1) is 0 Å². The fourth-order valence-corrected chi connectivity index (χ4v) is 9.56. The Morgan fingerprint density at radius 2 is 1.89 bits per heavy atom. The van der Waals surface area contributed by atoms with Crippen molar-refractivity contribution in [1.29, 1.82) is 0 Å². The molecule has 2 fully saturated rings. The SMILES string of the molecule is CC1(NC(=O)C2CCc3c(-c4cccc(OC(F)F)c4)nn(C4CCS(O)(O)CC4)c3C2)CCS(O)(O)C1. The molecule has 1 aliphatic carbocycles. The highest BCUT2D eigenvalue weighted by Crippen LogP contribution is 2.50. The Hall–Kier alpha value is -1.90. The van der Waals surface area contributed by atoms with E-state index in [-0.39, 0.29) is 46.6 Å². The van der Waals surface area contributed by atoms with Crippen molar-refractivity contribution in [2.45, 2.75) is 63.6 Å². The van der Waals surface area contributed by atoms with Crippen LogP contribution in [0.15, 0.2) is 24.3 Å². The molecule has 2 atom stereocenters. The molecule has 38 heavy (non-hydrogen) atoms. The van der Waals surface area contributed by atoms with Crippen molar-refractivity contribution in [2.75, 3.05) is 23.0 Å². The van der Waals surface area contributed by atoms with E-state index in [2.05, 4.69) is 10.1 Å². The lowest BCUT2D eigenvalue weighted by atomic mass is 9.84. The third kappa shape index (κ3) is 5.97. The van der Waals surface area contributed by atoms with E-state index in [4.69, 9.17) is 5.10 Å². The van der Waals surface area contributed by atoms with E-state index in [1.807, 2.05) is 11.6 Å². The molecule has 0 spiro atoms. The molecule has 5 rings (SSSR count). The maximum atomic E-state index is 13.3. The van der Waals surface area contributed by atoms with Gasteiger partial charge in [0.05, 0.1) is 23.0 Å². The van der Waals surface area contributed by atoms with Crippen LogP contribution in [0.1, 0.15) is 49.9 Å². The van der Waals surface area contributed by atoms with Crippen molar-refractivity contribution in [3.05, 3.63) is 35.5 Å². The van der Waals surface area contributed by atoms with Crippen LogP contribution >= 0.6 is 21.2 Å². The van der Waals surface area contributed by atoms with Gasteiger partial charge < -0.3 is 10.1 Å². The smallest absolute Gasteiger partial charge is 0.387 e. The van der Waals surface area contributed by atoms with Gasteiger partial charge in [-0.25, -0.2) is 0 Å². The lowest BCUT2D eigenvalue weighted by molar-refractivity contribution is -0.127. The molecule has 2 saturated heterocycles. The Bertz CT molecular complexity index is 1200. The third-order valence-electron chi connectivity index (χ3n) is 7.86. The van der Waals surface area contributed by atoms with Gasteiger partial charge in [0.2, 0.25) is 5.91 Å². The summed E-state index contributed by atoms with van der Waals surface area (Å²) in [5.41, 5.74) is 2.50. The van der Waals surface area contributed by atoms with E-state index in [9.17, 15) is 31.8 Å². The molecule has 3 heterocycles. The quantitative estimate of drug-likeness (QED) is 0.312. The molecule has 1 aromatic carbocycles. The number of hydrogen-bond acceptors (Lipinski definition) is 7. The van der Waals surface area contributed by atoms with Crippen molar-refractivity contribution in [1.82, 2.24) is 15.1 Å². The molecule has 1 aromatic heterocycles. The topological polar surface area (TPSA) is 137 Å². The number of hydrogen-bond donors (Lipinski definition) is 5. The van der Waals surface area contributed by atoms with Crippen molar-refractivity contribution < 1.29 is 36.5 Å². The molecule has 1 amide bonds. The standard InChI is InChI=1S/C25H35F2N3O6S2/c1-25(9-12-38(34,35)15-25)28-23(31)17-5-6-20-21(14-17)30(18-7-10-37(32,33)11-8-18)29-22(20)16-3-2-4-19(13-16)36-24(26)27/h2-4,13,17-18,24,32-35H,5-12,14-15H2,1H3,(H,28,31). The van der Waals surface area contributed by atoms with Gasteiger partial charge in [0.15, 0.2) is 0 Å². The zero-order chi connectivity index (χ0) is 27.3. The number of rotatable bonds is 6. The van der Waals surface area contributed by atoms with Gasteiger partial charge in [-0.05, 0) is 51.2 Å². The molecule has 0 bridgehead atoms. The minimum Gasteiger partial charge on any atom is -0.435 e. The van der Waals surface area contributed by atoms with Crippen LogP contribution in [0, 0.1) is 5.92 Å². The fourth-order valence-electron chi connectivity index (χ4n) is 5.90. The zero-order valence-corrected chi connectivity index (χ0v) is 22.8. The summed E-state index contributed by atoms with van der Waals surface area (Å²) < 4.78 is 72.5. The Kier molecular flexibility index (Phi) is 7.46. The third-order valence-corrected chi connectivity index (χ3v) is 11.6. The number of alkyl halides is 2. The maximum absolute atomic E-state index is 13.3. The molecular weight excluding hydrogens is 540 g/mol. The molecule has 5 N–H and O–H groups in total. The lowest BCUT2D eigenvalue weighted by Gasteiger charge is -2.39. The summed E-state index contributed by atoms with van der Waals surface area (Å²) in [7, 11) is -5.27. The van der Waals surface area contributed by atoms with Crippen molar-refractivity contribution in [3.63, 3.8) is 0 Å². The van der Waals surface area contributed by atoms with Gasteiger partial charge in [-0.1, -0.05) is 12.1 Å². The van der Waals surface area contributed by atoms with Crippen LogP contribution in [-0.2, 0) is 17.6 Å². The van der Waals surface area contributed by atoms with E-state index in [1.165, 1.54) is 12.1 Å². The number of nitrogens with zero attached hydrogens (tertiary/aromatic N) is 2. The van der Waals surface area contributed by atoms with E-state index in [1.54, 1.807) is 12.1 Å². The second kappa shape index (κ2) is 10.3. The Morgan fingerprint density at radius 1 is 1.16 bits per heavy atom. The highest BCUT2D eigenvalue weighted by atomic mass is 32.3. The molecule has 212 valence electrons. The van der Waals surface area contributed by atoms with Gasteiger partial charge >= 0.3 is 6.61 Å². The highest BCUT2D eigenvalue weighted by Gasteiger charge is 2.42. The van der Waals surface area contributed by atoms with Crippen LogP contribution < -0.4 is 10.1 Å². The summed E-state index contributed by atoms with van der Waals surface area (Å²) in [6, 6.07) is 6.36. The number of nitrogens with one attached hydrogen (secondary N) is 1. The lowest BCUT2D eigenvalue weighted by Crippen LogP contribution is -2.49. The van der Waals surface area contributed by atoms with Crippen LogP contribution in [0.25, 0.3) is 11.3 Å². The average molecular weight is 576 g/mol. The molecule has 2 aliphatic heterocycles. The van der Waals surface area contributed by atoms with Crippen LogP contribution in [0.3, 0.4) is 0 Å². The van der Waals surface area contributed by atoms with Crippen molar-refractivity contribution in [2.24, 2.45) is 5.92 Å². The van der Waals surface area contributed by atoms with Gasteiger partial charge in [-0.3, -0.25) is 27.7 Å². The zero-order valence-electron chi connectivity index (χ0n) is 21.2. The Labute approximate surface area is 223 Å². The van der Waals surface area contributed by atoms with E-state index >= 15 is 0 Å². The van der Waals surface area contributed by atoms with Gasteiger partial charge in [-0.2, -0.15) is 35.1 Å². The second-order valence-corrected chi connectivity index (χ2v) is 15.7. The van der Waals surface area contributed by atoms with E-state index in [0.29, 0.717) is 49.8 Å². The van der Waals surface area contributed by atoms with Crippen LogP contribution in [-0.4, -0.2) is 69.1 Å². The number of halogens is 2. The summed E-state index contributed by atoms with van der Waals surface area (Å²) in [6.07, 6.45) is 3.15. The summed E-state index contributed by atoms with van der Waals surface area (Å²) in [5, 5.41) is 7.98. The fraction of sp³-hybridized carbons (Fsp3) is 0.600. The largest absolute Gasteiger partial charge is 0.435 e. The number of ether oxygens (including phenoxy) is 1. The first-order valence-electron chi connectivity index (χ1n) is 12.8. The van der Waals surface area contributed by atoms with E-state index < -0.39 is 33.3 Å². The molecule has 13 heteroatoms. The summed E-state index contributed by atoms with van der Waals surface area (Å²) in [5.74, 6) is 0.581. The van der Waals surface area contributed by atoms with Crippen LogP contribution in [0.4, 0.5) is 8.78 Å². The summed E-state index contributed by atoms with van der Waals surface area (Å²) in [6.45, 7) is -1.10. The molecule has 2 aromatic rings. The molecule has 0 saturated carbocycles. The predicted octanol–water partition coefficient (Wildman–Crippen LogP) is 5.37. The highest BCUT2D eigenvalue weighted by molar-refractivity contribution is 8.24. The molecule has 3 aliphatic rings.